The minimum absolute atomic E-state index is 0.0413. The molecule has 3 heteroatoms. The second-order valence-corrected chi connectivity index (χ2v) is 5.37. The molecule has 0 heterocycles. The van der Waals surface area contributed by atoms with Crippen LogP contribution in [0.3, 0.4) is 0 Å². The molecule has 2 unspecified atom stereocenters. The molecule has 19 heavy (non-hydrogen) atoms. The molecular weight excluding hydrogens is 238 g/mol. The fourth-order valence-electron chi connectivity index (χ4n) is 2.64. The Morgan fingerprint density at radius 3 is 2.58 bits per heavy atom. The van der Waals surface area contributed by atoms with Crippen molar-refractivity contribution >= 4 is 5.91 Å². The van der Waals surface area contributed by atoms with E-state index in [1.54, 1.807) is 0 Å². The monoisotopic (exact) mass is 261 g/mol. The summed E-state index contributed by atoms with van der Waals surface area (Å²) in [6.07, 6.45) is 4.86. The van der Waals surface area contributed by atoms with Gasteiger partial charge in [0.25, 0.3) is 5.91 Å². The van der Waals surface area contributed by atoms with Crippen LogP contribution in [0.1, 0.15) is 48.5 Å². The van der Waals surface area contributed by atoms with Gasteiger partial charge in [0.1, 0.15) is 0 Å². The second-order valence-electron chi connectivity index (χ2n) is 5.37. The van der Waals surface area contributed by atoms with Gasteiger partial charge >= 0.3 is 0 Å². The predicted octanol–water partition coefficient (Wildman–Crippen LogP) is 2.53. The van der Waals surface area contributed by atoms with E-state index in [4.69, 9.17) is 0 Å². The van der Waals surface area contributed by atoms with Crippen LogP contribution in [0.25, 0.3) is 0 Å². The molecule has 1 amide bonds. The van der Waals surface area contributed by atoms with Crippen molar-refractivity contribution in [3.05, 3.63) is 35.4 Å². The summed E-state index contributed by atoms with van der Waals surface area (Å²) in [6.45, 7) is 2.68. The molecule has 0 radical (unpaired) electrons. The highest BCUT2D eigenvalue weighted by molar-refractivity contribution is 5.94. The molecule has 104 valence electrons. The van der Waals surface area contributed by atoms with E-state index in [2.05, 4.69) is 12.2 Å². The molecule has 1 saturated carbocycles. The maximum Gasteiger partial charge on any atom is 0.251 e. The van der Waals surface area contributed by atoms with E-state index in [1.807, 2.05) is 24.3 Å². The van der Waals surface area contributed by atoms with Gasteiger partial charge in [0.2, 0.25) is 0 Å². The highest BCUT2D eigenvalue weighted by Crippen LogP contribution is 2.23. The van der Waals surface area contributed by atoms with Crippen molar-refractivity contribution in [1.29, 1.82) is 0 Å². The van der Waals surface area contributed by atoms with Crippen molar-refractivity contribution in [3.8, 4) is 0 Å². The number of hydrogen-bond donors (Lipinski definition) is 2. The SMILES string of the molecule is CCc1ccc(C(=O)NCC2CCCCC2O)cc1. The molecule has 1 aromatic rings. The van der Waals surface area contributed by atoms with Crippen LogP contribution in [0.2, 0.25) is 0 Å². The van der Waals surface area contributed by atoms with Crippen LogP contribution < -0.4 is 5.32 Å². The van der Waals surface area contributed by atoms with E-state index in [0.29, 0.717) is 12.1 Å². The van der Waals surface area contributed by atoms with E-state index < -0.39 is 0 Å². The standard InChI is InChI=1S/C16H23NO2/c1-2-12-7-9-13(10-8-12)16(19)17-11-14-5-3-4-6-15(14)18/h7-10,14-15,18H,2-6,11H2,1H3,(H,17,19). The van der Waals surface area contributed by atoms with Crippen molar-refractivity contribution in [2.24, 2.45) is 5.92 Å². The summed E-state index contributed by atoms with van der Waals surface area (Å²) in [4.78, 5) is 12.0. The molecule has 0 aliphatic heterocycles. The summed E-state index contributed by atoms with van der Waals surface area (Å²) in [5.41, 5.74) is 1.93. The van der Waals surface area contributed by atoms with Crippen LogP contribution in [-0.4, -0.2) is 23.7 Å². The van der Waals surface area contributed by atoms with Crippen LogP contribution in [0.15, 0.2) is 24.3 Å². The fraction of sp³-hybridized carbons (Fsp3) is 0.562. The molecule has 1 aliphatic carbocycles. The zero-order valence-electron chi connectivity index (χ0n) is 11.6. The Hall–Kier alpha value is -1.35. The summed E-state index contributed by atoms with van der Waals surface area (Å²) in [5, 5.41) is 12.8. The third kappa shape index (κ3) is 3.80. The first kappa shape index (κ1) is 14.1. The molecule has 0 saturated heterocycles. The molecule has 1 aromatic carbocycles. The molecule has 2 N–H and O–H groups in total. The Morgan fingerprint density at radius 1 is 1.26 bits per heavy atom. The molecule has 3 nitrogen and oxygen atoms in total. The molecule has 0 spiro atoms. The fourth-order valence-corrected chi connectivity index (χ4v) is 2.64. The Kier molecular flexibility index (Phi) is 4.97. The largest absolute Gasteiger partial charge is 0.393 e. The van der Waals surface area contributed by atoms with Crippen LogP contribution in [0, 0.1) is 5.92 Å². The maximum atomic E-state index is 12.0. The quantitative estimate of drug-likeness (QED) is 0.875. The average molecular weight is 261 g/mol. The number of benzene rings is 1. The first-order valence-electron chi connectivity index (χ1n) is 7.26. The summed E-state index contributed by atoms with van der Waals surface area (Å²) in [7, 11) is 0. The summed E-state index contributed by atoms with van der Waals surface area (Å²) in [5.74, 6) is 0.174. The van der Waals surface area contributed by atoms with Gasteiger partial charge in [-0.05, 0) is 37.0 Å². The van der Waals surface area contributed by atoms with Crippen LogP contribution in [-0.2, 0) is 6.42 Å². The maximum absolute atomic E-state index is 12.0. The topological polar surface area (TPSA) is 49.3 Å². The Bertz CT molecular complexity index is 413. The lowest BCUT2D eigenvalue weighted by Crippen LogP contribution is -2.36. The van der Waals surface area contributed by atoms with Crippen LogP contribution in [0.5, 0.6) is 0 Å². The van der Waals surface area contributed by atoms with Crippen molar-refractivity contribution < 1.29 is 9.90 Å². The lowest BCUT2D eigenvalue weighted by Gasteiger charge is -2.27. The molecule has 2 atom stereocenters. The summed E-state index contributed by atoms with van der Waals surface area (Å²) >= 11 is 0. The van der Waals surface area contributed by atoms with Crippen molar-refractivity contribution in [1.82, 2.24) is 5.32 Å². The number of aliphatic hydroxyl groups is 1. The van der Waals surface area contributed by atoms with Gasteiger partial charge in [-0.15, -0.1) is 0 Å². The average Bonchev–Trinajstić information content (AvgIpc) is 2.46. The zero-order valence-corrected chi connectivity index (χ0v) is 11.6. The highest BCUT2D eigenvalue weighted by Gasteiger charge is 2.23. The molecule has 1 fully saturated rings. The first-order chi connectivity index (χ1) is 9.20. The van der Waals surface area contributed by atoms with Crippen molar-refractivity contribution in [2.45, 2.75) is 45.1 Å². The number of aryl methyl sites for hydroxylation is 1. The van der Waals surface area contributed by atoms with E-state index in [-0.39, 0.29) is 17.9 Å². The molecule has 1 aliphatic rings. The van der Waals surface area contributed by atoms with Gasteiger partial charge in [0.15, 0.2) is 0 Å². The molecule has 2 rings (SSSR count). The van der Waals surface area contributed by atoms with Crippen LogP contribution >= 0.6 is 0 Å². The van der Waals surface area contributed by atoms with Gasteiger partial charge in [0.05, 0.1) is 6.10 Å². The van der Waals surface area contributed by atoms with Gasteiger partial charge < -0.3 is 10.4 Å². The lowest BCUT2D eigenvalue weighted by atomic mass is 9.86. The Labute approximate surface area is 115 Å². The number of amides is 1. The van der Waals surface area contributed by atoms with E-state index in [1.165, 1.54) is 5.56 Å². The summed E-state index contributed by atoms with van der Waals surface area (Å²) in [6, 6.07) is 7.71. The predicted molar refractivity (Wildman–Crippen MR) is 76.1 cm³/mol. The lowest BCUT2D eigenvalue weighted by molar-refractivity contribution is 0.0663. The number of rotatable bonds is 4. The van der Waals surface area contributed by atoms with Gasteiger partial charge in [0, 0.05) is 18.0 Å². The van der Waals surface area contributed by atoms with Gasteiger partial charge in [-0.2, -0.15) is 0 Å². The minimum atomic E-state index is -0.253. The van der Waals surface area contributed by atoms with E-state index in [9.17, 15) is 9.90 Å². The number of nitrogens with one attached hydrogen (secondary N) is 1. The second kappa shape index (κ2) is 6.71. The van der Waals surface area contributed by atoms with Gasteiger partial charge in [-0.1, -0.05) is 31.9 Å². The van der Waals surface area contributed by atoms with Crippen molar-refractivity contribution in [3.63, 3.8) is 0 Å². The smallest absolute Gasteiger partial charge is 0.251 e. The van der Waals surface area contributed by atoms with Gasteiger partial charge in [-0.25, -0.2) is 0 Å². The normalized spacial score (nSPS) is 23.1. The zero-order chi connectivity index (χ0) is 13.7. The third-order valence-corrected chi connectivity index (χ3v) is 4.02. The molecular formula is C16H23NO2. The summed E-state index contributed by atoms with van der Waals surface area (Å²) < 4.78 is 0. The van der Waals surface area contributed by atoms with Crippen molar-refractivity contribution in [2.75, 3.05) is 6.54 Å². The van der Waals surface area contributed by atoms with Gasteiger partial charge in [-0.3, -0.25) is 4.79 Å². The molecule has 0 bridgehead atoms. The number of carbonyl (C=O) groups excluding carboxylic acids is 1. The number of carbonyl (C=O) groups is 1. The first-order valence-corrected chi connectivity index (χ1v) is 7.26. The third-order valence-electron chi connectivity index (χ3n) is 4.02. The van der Waals surface area contributed by atoms with E-state index in [0.717, 1.165) is 32.1 Å². The van der Waals surface area contributed by atoms with E-state index >= 15 is 0 Å². The number of hydrogen-bond acceptors (Lipinski definition) is 2. The highest BCUT2D eigenvalue weighted by atomic mass is 16.3. The minimum Gasteiger partial charge on any atom is -0.393 e. The van der Waals surface area contributed by atoms with Crippen LogP contribution in [0.4, 0.5) is 0 Å². The molecule has 0 aromatic heterocycles. The Balaban J connectivity index is 1.86. The Morgan fingerprint density at radius 2 is 1.95 bits per heavy atom. The number of aliphatic hydroxyl groups excluding tert-OH is 1.